The fourth-order valence-electron chi connectivity index (χ4n) is 4.13. The summed E-state index contributed by atoms with van der Waals surface area (Å²) in [5, 5.41) is 0.148. The molecule has 0 saturated heterocycles. The SMILES string of the molecule is CCC(Cc1ccc(Oc2ncc(C(F)(F)F)cc2Cl)cc1Cl)C(=O)N(C)C1CCCCC1. The smallest absolute Gasteiger partial charge is 0.417 e. The second-order valence-electron chi connectivity index (χ2n) is 8.41. The number of carbonyl (C=O) groups excluding carboxylic acids is 1. The fraction of sp³-hybridized carbons (Fsp3) is 0.500. The molecular weight excluding hydrogens is 476 g/mol. The maximum Gasteiger partial charge on any atom is 0.417 e. The van der Waals surface area contributed by atoms with E-state index >= 15 is 0 Å². The highest BCUT2D eigenvalue weighted by Gasteiger charge is 2.32. The first-order valence-corrected chi connectivity index (χ1v) is 11.8. The van der Waals surface area contributed by atoms with E-state index in [1.807, 2.05) is 18.9 Å². The number of nitrogens with zero attached hydrogens (tertiary/aromatic N) is 2. The fourth-order valence-corrected chi connectivity index (χ4v) is 4.58. The first-order chi connectivity index (χ1) is 15.6. The van der Waals surface area contributed by atoms with Crippen molar-refractivity contribution in [3.8, 4) is 11.6 Å². The molecule has 1 aliphatic carbocycles. The maximum absolute atomic E-state index is 13.1. The van der Waals surface area contributed by atoms with Gasteiger partial charge >= 0.3 is 6.18 Å². The van der Waals surface area contributed by atoms with Crippen LogP contribution in [0.1, 0.15) is 56.6 Å². The van der Waals surface area contributed by atoms with Crippen molar-refractivity contribution in [1.29, 1.82) is 0 Å². The van der Waals surface area contributed by atoms with E-state index in [0.29, 0.717) is 30.1 Å². The zero-order valence-corrected chi connectivity index (χ0v) is 20.1. The van der Waals surface area contributed by atoms with Crippen molar-refractivity contribution >= 4 is 29.1 Å². The molecule has 1 aromatic carbocycles. The molecule has 180 valence electrons. The lowest BCUT2D eigenvalue weighted by molar-refractivity contribution is -0.138. The standard InChI is InChI=1S/C24H27Cl2F3N2O2/c1-3-15(23(32)31(2)18-7-5-4-6-8-18)11-16-9-10-19(13-20(16)25)33-22-21(26)12-17(14-30-22)24(27,28)29/h9-10,12-15,18H,3-8,11H2,1-2H3. The minimum absolute atomic E-state index is 0.126. The van der Waals surface area contributed by atoms with Gasteiger partial charge in [-0.2, -0.15) is 13.2 Å². The molecule has 2 aromatic rings. The van der Waals surface area contributed by atoms with Gasteiger partial charge in [0.05, 0.1) is 5.56 Å². The van der Waals surface area contributed by atoms with Crippen molar-refractivity contribution in [2.75, 3.05) is 7.05 Å². The van der Waals surface area contributed by atoms with E-state index in [0.717, 1.165) is 37.3 Å². The molecule has 0 N–H and O–H groups in total. The molecule has 1 fully saturated rings. The van der Waals surface area contributed by atoms with Gasteiger partial charge in [0.1, 0.15) is 10.8 Å². The molecule has 1 unspecified atom stereocenters. The first-order valence-electron chi connectivity index (χ1n) is 11.1. The minimum Gasteiger partial charge on any atom is -0.437 e. The highest BCUT2D eigenvalue weighted by molar-refractivity contribution is 6.32. The topological polar surface area (TPSA) is 42.4 Å². The lowest BCUT2D eigenvalue weighted by atomic mass is 9.91. The molecule has 1 saturated carbocycles. The van der Waals surface area contributed by atoms with E-state index in [1.165, 1.54) is 6.42 Å². The number of alkyl halides is 3. The summed E-state index contributed by atoms with van der Waals surface area (Å²) in [4.78, 5) is 18.7. The molecule has 4 nitrogen and oxygen atoms in total. The molecule has 1 amide bonds. The second-order valence-corrected chi connectivity index (χ2v) is 9.23. The van der Waals surface area contributed by atoms with Crippen LogP contribution in [-0.2, 0) is 17.4 Å². The van der Waals surface area contributed by atoms with Crippen LogP contribution < -0.4 is 4.74 Å². The number of halogens is 5. The average Bonchev–Trinajstić information content (AvgIpc) is 2.79. The zero-order chi connectivity index (χ0) is 24.2. The molecular formula is C24H27Cl2F3N2O2. The molecule has 0 radical (unpaired) electrons. The quantitative estimate of drug-likeness (QED) is 0.392. The van der Waals surface area contributed by atoms with E-state index in [-0.39, 0.29) is 28.5 Å². The van der Waals surface area contributed by atoms with Crippen LogP contribution in [0.4, 0.5) is 13.2 Å². The Balaban J connectivity index is 1.69. The first kappa shape index (κ1) is 25.6. The number of pyridine rings is 1. The van der Waals surface area contributed by atoms with Crippen LogP contribution in [0.5, 0.6) is 11.6 Å². The van der Waals surface area contributed by atoms with Crippen LogP contribution in [-0.4, -0.2) is 28.9 Å². The van der Waals surface area contributed by atoms with Crippen LogP contribution in [0.3, 0.4) is 0 Å². The number of aromatic nitrogens is 1. The predicted molar refractivity (Wildman–Crippen MR) is 123 cm³/mol. The van der Waals surface area contributed by atoms with Gasteiger partial charge in [-0.1, -0.05) is 55.5 Å². The highest BCUT2D eigenvalue weighted by atomic mass is 35.5. The van der Waals surface area contributed by atoms with Gasteiger partial charge in [0.2, 0.25) is 11.8 Å². The Hall–Kier alpha value is -1.99. The van der Waals surface area contributed by atoms with Crippen molar-refractivity contribution in [3.63, 3.8) is 0 Å². The van der Waals surface area contributed by atoms with Crippen LogP contribution in [0, 0.1) is 5.92 Å². The molecule has 33 heavy (non-hydrogen) atoms. The van der Waals surface area contributed by atoms with Gasteiger partial charge in [0.25, 0.3) is 0 Å². The van der Waals surface area contributed by atoms with E-state index < -0.39 is 11.7 Å². The van der Waals surface area contributed by atoms with Gasteiger partial charge < -0.3 is 9.64 Å². The number of ether oxygens (including phenoxy) is 1. The summed E-state index contributed by atoms with van der Waals surface area (Å²) in [6.07, 6.45) is 2.94. The summed E-state index contributed by atoms with van der Waals surface area (Å²) in [5.41, 5.74) is -0.158. The second kappa shape index (κ2) is 11.0. The summed E-state index contributed by atoms with van der Waals surface area (Å²) in [5.74, 6) is 0.0783. The lowest BCUT2D eigenvalue weighted by Gasteiger charge is -2.33. The summed E-state index contributed by atoms with van der Waals surface area (Å²) in [6.45, 7) is 1.99. The number of amides is 1. The molecule has 1 aromatic heterocycles. The van der Waals surface area contributed by atoms with Gasteiger partial charge in [-0.05, 0) is 49.4 Å². The Morgan fingerprint density at radius 1 is 1.18 bits per heavy atom. The van der Waals surface area contributed by atoms with E-state index in [4.69, 9.17) is 27.9 Å². The molecule has 1 atom stereocenters. The molecule has 0 spiro atoms. The number of benzene rings is 1. The monoisotopic (exact) mass is 502 g/mol. The Morgan fingerprint density at radius 3 is 2.45 bits per heavy atom. The van der Waals surface area contributed by atoms with Crippen LogP contribution in [0.15, 0.2) is 30.5 Å². The molecule has 1 aliphatic rings. The van der Waals surface area contributed by atoms with Crippen molar-refractivity contribution in [3.05, 3.63) is 51.6 Å². The number of carbonyl (C=O) groups is 1. The van der Waals surface area contributed by atoms with E-state index in [1.54, 1.807) is 18.2 Å². The third-order valence-electron chi connectivity index (χ3n) is 6.15. The van der Waals surface area contributed by atoms with Crippen molar-refractivity contribution in [2.45, 2.75) is 64.1 Å². The number of rotatable bonds is 7. The minimum atomic E-state index is -4.54. The lowest BCUT2D eigenvalue weighted by Crippen LogP contribution is -2.42. The summed E-state index contributed by atoms with van der Waals surface area (Å²) < 4.78 is 43.9. The Bertz CT molecular complexity index is 979. The number of hydrogen-bond donors (Lipinski definition) is 0. The Labute approximate surface area is 202 Å². The van der Waals surface area contributed by atoms with Crippen LogP contribution in [0.25, 0.3) is 0 Å². The molecule has 3 rings (SSSR count). The average molecular weight is 503 g/mol. The predicted octanol–water partition coefficient (Wildman–Crippen LogP) is 7.56. The van der Waals surface area contributed by atoms with Gasteiger partial charge in [-0.3, -0.25) is 4.79 Å². The molecule has 0 aliphatic heterocycles. The van der Waals surface area contributed by atoms with Gasteiger partial charge in [-0.25, -0.2) is 4.98 Å². The van der Waals surface area contributed by atoms with E-state index in [2.05, 4.69) is 4.98 Å². The normalized spacial score (nSPS) is 15.8. The third kappa shape index (κ3) is 6.54. The third-order valence-corrected chi connectivity index (χ3v) is 6.77. The molecule has 9 heteroatoms. The van der Waals surface area contributed by atoms with Crippen LogP contribution >= 0.6 is 23.2 Å². The summed E-state index contributed by atoms with van der Waals surface area (Å²) in [7, 11) is 1.89. The van der Waals surface area contributed by atoms with E-state index in [9.17, 15) is 18.0 Å². The molecule has 1 heterocycles. The van der Waals surface area contributed by atoms with Crippen molar-refractivity contribution < 1.29 is 22.7 Å². The van der Waals surface area contributed by atoms with Crippen LogP contribution in [0.2, 0.25) is 10.0 Å². The van der Waals surface area contributed by atoms with Crippen molar-refractivity contribution in [2.24, 2.45) is 5.92 Å². The van der Waals surface area contributed by atoms with Gasteiger partial charge in [-0.15, -0.1) is 0 Å². The Kier molecular flexibility index (Phi) is 8.51. The summed E-state index contributed by atoms with van der Waals surface area (Å²) >= 11 is 12.4. The summed E-state index contributed by atoms with van der Waals surface area (Å²) in [6, 6.07) is 6.01. The number of hydrogen-bond acceptors (Lipinski definition) is 3. The largest absolute Gasteiger partial charge is 0.437 e. The highest BCUT2D eigenvalue weighted by Crippen LogP contribution is 2.36. The maximum atomic E-state index is 13.1. The molecule has 0 bridgehead atoms. The van der Waals surface area contributed by atoms with Crippen molar-refractivity contribution in [1.82, 2.24) is 9.88 Å². The van der Waals surface area contributed by atoms with Gasteiger partial charge in [0.15, 0.2) is 0 Å². The zero-order valence-electron chi connectivity index (χ0n) is 18.6. The Morgan fingerprint density at radius 2 is 1.88 bits per heavy atom. The van der Waals surface area contributed by atoms with Gasteiger partial charge in [0, 0.05) is 30.2 Å².